The summed E-state index contributed by atoms with van der Waals surface area (Å²) in [5, 5.41) is 11.8. The second kappa shape index (κ2) is 6.93. The van der Waals surface area contributed by atoms with Crippen LogP contribution in [0.5, 0.6) is 0 Å². The highest BCUT2D eigenvalue weighted by Crippen LogP contribution is 2.34. The number of sulfonamides is 1. The highest BCUT2D eigenvalue weighted by molar-refractivity contribution is 7.90. The monoisotopic (exact) mass is 406 g/mol. The van der Waals surface area contributed by atoms with Crippen molar-refractivity contribution < 1.29 is 23.1 Å². The summed E-state index contributed by atoms with van der Waals surface area (Å²) >= 11 is 0.819. The Labute approximate surface area is 158 Å². The van der Waals surface area contributed by atoms with Gasteiger partial charge >= 0.3 is 12.0 Å². The lowest BCUT2D eigenvalue weighted by Gasteiger charge is -2.09. The summed E-state index contributed by atoms with van der Waals surface area (Å²) in [6, 6.07) is 6.94. The van der Waals surface area contributed by atoms with Crippen LogP contribution < -0.4 is 10.0 Å². The minimum absolute atomic E-state index is 0.0613. The average Bonchev–Trinajstić information content (AvgIpc) is 2.93. The van der Waals surface area contributed by atoms with E-state index >= 15 is 0 Å². The minimum atomic E-state index is -4.45. The molecule has 3 aromatic rings. The maximum Gasteiger partial charge on any atom is 0.347 e. The van der Waals surface area contributed by atoms with Crippen LogP contribution in [0.4, 0.5) is 10.7 Å². The number of hydrogen-bond donors (Lipinski definition) is 3. The molecule has 3 rings (SSSR count). The van der Waals surface area contributed by atoms with Crippen molar-refractivity contribution in [1.82, 2.24) is 14.7 Å². The number of carboxylic acids is 1. The molecule has 0 bridgehead atoms. The molecule has 0 unspecified atom stereocenters. The Kier molecular flexibility index (Phi) is 4.81. The van der Waals surface area contributed by atoms with Gasteiger partial charge in [0.1, 0.15) is 9.77 Å². The van der Waals surface area contributed by atoms with Crippen molar-refractivity contribution in [2.24, 2.45) is 0 Å². The minimum Gasteiger partial charge on any atom is -0.477 e. The van der Waals surface area contributed by atoms with Gasteiger partial charge in [0.25, 0.3) is 10.0 Å². The predicted octanol–water partition coefficient (Wildman–Crippen LogP) is 2.52. The van der Waals surface area contributed by atoms with Crippen molar-refractivity contribution >= 4 is 49.4 Å². The molecule has 0 aliphatic rings. The zero-order valence-electron chi connectivity index (χ0n) is 14.2. The Morgan fingerprint density at radius 1 is 1.11 bits per heavy atom. The molecule has 0 spiro atoms. The van der Waals surface area contributed by atoms with Crippen molar-refractivity contribution in [3.8, 4) is 0 Å². The summed E-state index contributed by atoms with van der Waals surface area (Å²) in [6.45, 7) is 3.40. The number of anilines is 1. The summed E-state index contributed by atoms with van der Waals surface area (Å²) in [5.41, 5.74) is 1.19. The topological polar surface area (TPSA) is 138 Å². The Balaban J connectivity index is 1.95. The number of aryl methyl sites for hydroxylation is 2. The van der Waals surface area contributed by atoms with Crippen LogP contribution in [0, 0.1) is 13.8 Å². The lowest BCUT2D eigenvalue weighted by atomic mass is 10.2. The number of urea groups is 1. The third-order valence-electron chi connectivity index (χ3n) is 3.45. The van der Waals surface area contributed by atoms with Crippen molar-refractivity contribution in [3.05, 3.63) is 46.6 Å². The SMILES string of the molecule is Cc1cc(C)nc(NC(=O)NS(=O)(=O)c2c(C(=O)O)sc3ccccc23)n1. The molecule has 2 heterocycles. The fourth-order valence-electron chi connectivity index (χ4n) is 2.51. The molecular weight excluding hydrogens is 392 g/mol. The lowest BCUT2D eigenvalue weighted by Crippen LogP contribution is -2.35. The molecule has 2 amide bonds. The van der Waals surface area contributed by atoms with Crippen LogP contribution in [-0.4, -0.2) is 35.5 Å². The number of aromatic carboxylic acids is 1. The first-order valence-electron chi connectivity index (χ1n) is 7.58. The van der Waals surface area contributed by atoms with E-state index in [4.69, 9.17) is 0 Å². The fraction of sp³-hybridized carbons (Fsp3) is 0.125. The molecule has 0 aliphatic carbocycles. The molecule has 0 saturated heterocycles. The van der Waals surface area contributed by atoms with E-state index < -0.39 is 26.9 Å². The number of hydrogen-bond acceptors (Lipinski definition) is 7. The number of nitrogens with zero attached hydrogens (tertiary/aromatic N) is 2. The number of aromatic nitrogens is 2. The van der Waals surface area contributed by atoms with E-state index in [9.17, 15) is 23.1 Å². The van der Waals surface area contributed by atoms with Crippen LogP contribution in [0.2, 0.25) is 0 Å². The fourth-order valence-corrected chi connectivity index (χ4v) is 5.16. The molecule has 2 aromatic heterocycles. The number of fused-ring (bicyclic) bond motifs is 1. The second-order valence-corrected chi connectivity index (χ2v) is 8.27. The highest BCUT2D eigenvalue weighted by Gasteiger charge is 2.29. The maximum absolute atomic E-state index is 12.7. The molecule has 0 saturated carbocycles. The van der Waals surface area contributed by atoms with E-state index in [-0.39, 0.29) is 16.2 Å². The Hall–Kier alpha value is -3.05. The van der Waals surface area contributed by atoms with E-state index in [1.165, 1.54) is 6.07 Å². The van der Waals surface area contributed by atoms with Crippen LogP contribution in [0.1, 0.15) is 21.1 Å². The van der Waals surface area contributed by atoms with E-state index in [2.05, 4.69) is 15.3 Å². The number of rotatable bonds is 4. The molecule has 11 heteroatoms. The van der Waals surface area contributed by atoms with E-state index in [0.29, 0.717) is 16.1 Å². The Bertz CT molecular complexity index is 1150. The lowest BCUT2D eigenvalue weighted by molar-refractivity contribution is 0.0698. The molecule has 0 atom stereocenters. The Morgan fingerprint density at radius 3 is 2.37 bits per heavy atom. The zero-order valence-corrected chi connectivity index (χ0v) is 15.8. The smallest absolute Gasteiger partial charge is 0.347 e. The first kappa shape index (κ1) is 18.7. The summed E-state index contributed by atoms with van der Waals surface area (Å²) < 4.78 is 27.7. The maximum atomic E-state index is 12.7. The van der Waals surface area contributed by atoms with Crippen molar-refractivity contribution in [3.63, 3.8) is 0 Å². The number of nitrogens with one attached hydrogen (secondary N) is 2. The van der Waals surface area contributed by atoms with Gasteiger partial charge in [-0.15, -0.1) is 11.3 Å². The van der Waals surface area contributed by atoms with Gasteiger partial charge in [-0.05, 0) is 26.0 Å². The highest BCUT2D eigenvalue weighted by atomic mass is 32.2. The summed E-state index contributed by atoms with van der Waals surface area (Å²) in [4.78, 5) is 30.8. The molecular formula is C16H14N4O5S2. The van der Waals surface area contributed by atoms with Gasteiger partial charge in [0.05, 0.1) is 0 Å². The number of amides is 2. The largest absolute Gasteiger partial charge is 0.477 e. The molecule has 140 valence electrons. The molecule has 27 heavy (non-hydrogen) atoms. The predicted molar refractivity (Wildman–Crippen MR) is 99.6 cm³/mol. The number of carbonyl (C=O) groups excluding carboxylic acids is 1. The van der Waals surface area contributed by atoms with Crippen LogP contribution in [0.25, 0.3) is 10.1 Å². The van der Waals surface area contributed by atoms with Gasteiger partial charge in [0.15, 0.2) is 0 Å². The second-order valence-electron chi connectivity index (χ2n) is 5.60. The quantitative estimate of drug-likeness (QED) is 0.605. The third kappa shape index (κ3) is 3.88. The summed E-state index contributed by atoms with van der Waals surface area (Å²) in [5.74, 6) is -1.46. The van der Waals surface area contributed by atoms with Gasteiger partial charge in [-0.3, -0.25) is 5.32 Å². The third-order valence-corrected chi connectivity index (χ3v) is 6.15. The summed E-state index contributed by atoms with van der Waals surface area (Å²) in [7, 11) is -4.45. The molecule has 9 nitrogen and oxygen atoms in total. The van der Waals surface area contributed by atoms with Gasteiger partial charge in [-0.1, -0.05) is 18.2 Å². The number of carboxylic acid groups (broad SMARTS) is 1. The van der Waals surface area contributed by atoms with Crippen LogP contribution in [0.15, 0.2) is 35.2 Å². The van der Waals surface area contributed by atoms with E-state index in [1.54, 1.807) is 38.1 Å². The molecule has 0 aliphatic heterocycles. The zero-order chi connectivity index (χ0) is 19.8. The standard InChI is InChI=1S/C16H14N4O5S2/c1-8-7-9(2)18-15(17-8)19-16(23)20-27(24,25)13-10-5-3-4-6-11(10)26-12(13)14(21)22/h3-7H,1-2H3,(H,21,22)(H2,17,18,19,20,23). The number of benzene rings is 1. The van der Waals surface area contributed by atoms with Crippen LogP contribution in [-0.2, 0) is 10.0 Å². The van der Waals surface area contributed by atoms with Gasteiger partial charge in [0.2, 0.25) is 5.95 Å². The molecule has 0 radical (unpaired) electrons. The number of thiophene rings is 1. The van der Waals surface area contributed by atoms with Gasteiger partial charge in [0, 0.05) is 21.5 Å². The average molecular weight is 406 g/mol. The first-order valence-corrected chi connectivity index (χ1v) is 9.88. The van der Waals surface area contributed by atoms with Crippen molar-refractivity contribution in [1.29, 1.82) is 0 Å². The first-order chi connectivity index (χ1) is 12.7. The van der Waals surface area contributed by atoms with Crippen molar-refractivity contribution in [2.75, 3.05) is 5.32 Å². The van der Waals surface area contributed by atoms with E-state index in [1.807, 2.05) is 4.72 Å². The van der Waals surface area contributed by atoms with Gasteiger partial charge < -0.3 is 5.11 Å². The van der Waals surface area contributed by atoms with Crippen molar-refractivity contribution in [2.45, 2.75) is 18.7 Å². The molecule has 3 N–H and O–H groups in total. The van der Waals surface area contributed by atoms with Gasteiger partial charge in [-0.2, -0.15) is 0 Å². The Morgan fingerprint density at radius 2 is 1.74 bits per heavy atom. The van der Waals surface area contributed by atoms with Gasteiger partial charge in [-0.25, -0.2) is 32.7 Å². The number of carbonyl (C=O) groups is 2. The van der Waals surface area contributed by atoms with E-state index in [0.717, 1.165) is 11.3 Å². The molecule has 0 fully saturated rings. The normalized spacial score (nSPS) is 11.3. The summed E-state index contributed by atoms with van der Waals surface area (Å²) in [6.07, 6.45) is 0. The molecule has 1 aromatic carbocycles. The van der Waals surface area contributed by atoms with Crippen LogP contribution >= 0.6 is 11.3 Å². The van der Waals surface area contributed by atoms with Crippen LogP contribution in [0.3, 0.4) is 0 Å².